The number of fused-ring (bicyclic) bond motifs is 1. The molecule has 0 saturated heterocycles. The highest BCUT2D eigenvalue weighted by atomic mass is 16.5. The molecule has 0 aliphatic rings. The summed E-state index contributed by atoms with van der Waals surface area (Å²) in [6, 6.07) is 8.73. The Morgan fingerprint density at radius 3 is 3.00 bits per heavy atom. The third kappa shape index (κ3) is 2.03. The number of H-pyrrole nitrogens is 1. The molecule has 3 rings (SSSR count). The maximum atomic E-state index is 11.6. The van der Waals surface area contributed by atoms with Gasteiger partial charge in [-0.2, -0.15) is 0 Å². The van der Waals surface area contributed by atoms with Gasteiger partial charge in [-0.05, 0) is 24.3 Å². The first-order valence-electron chi connectivity index (χ1n) is 5.37. The number of nitrogens with one attached hydrogen (secondary N) is 3. The topological polar surface area (TPSA) is 83.0 Å². The number of nitrogens with zero attached hydrogens (tertiary/aromatic N) is 1. The van der Waals surface area contributed by atoms with Gasteiger partial charge in [-0.1, -0.05) is 5.16 Å². The van der Waals surface area contributed by atoms with Crippen molar-refractivity contribution < 1.29 is 9.32 Å². The summed E-state index contributed by atoms with van der Waals surface area (Å²) < 4.78 is 4.77. The van der Waals surface area contributed by atoms with Gasteiger partial charge in [0.1, 0.15) is 0 Å². The van der Waals surface area contributed by atoms with E-state index in [0.29, 0.717) is 11.6 Å². The van der Waals surface area contributed by atoms with E-state index < -0.39 is 0 Å². The summed E-state index contributed by atoms with van der Waals surface area (Å²) in [6.45, 7) is 0. The average Bonchev–Trinajstić information content (AvgIpc) is 2.98. The summed E-state index contributed by atoms with van der Waals surface area (Å²) in [4.78, 5) is 14.7. The molecule has 90 valence electrons. The summed E-state index contributed by atoms with van der Waals surface area (Å²) in [5.74, 6) is 0.301. The summed E-state index contributed by atoms with van der Waals surface area (Å²) in [5.41, 5.74) is 1.73. The number of rotatable bonds is 2. The van der Waals surface area contributed by atoms with Crippen LogP contribution in [0, 0.1) is 0 Å². The summed E-state index contributed by atoms with van der Waals surface area (Å²) >= 11 is 0. The third-order valence-corrected chi connectivity index (χ3v) is 2.49. The van der Waals surface area contributed by atoms with Gasteiger partial charge in [-0.25, -0.2) is 4.79 Å². The van der Waals surface area contributed by atoms with Crippen LogP contribution in [0.3, 0.4) is 0 Å². The Labute approximate surface area is 102 Å². The number of carbonyl (C=O) groups excluding carboxylic acids is 1. The molecule has 0 atom stereocenters. The Bertz CT molecular complexity index is 672. The Balaban J connectivity index is 1.73. The van der Waals surface area contributed by atoms with E-state index in [9.17, 15) is 4.79 Å². The molecule has 3 aromatic rings. The van der Waals surface area contributed by atoms with Gasteiger partial charge in [-0.15, -0.1) is 0 Å². The minimum atomic E-state index is -0.373. The van der Waals surface area contributed by atoms with Gasteiger partial charge in [0.25, 0.3) is 0 Å². The number of anilines is 2. The van der Waals surface area contributed by atoms with Crippen LogP contribution < -0.4 is 10.6 Å². The van der Waals surface area contributed by atoms with Crippen molar-refractivity contribution in [1.29, 1.82) is 0 Å². The molecular weight excluding hydrogens is 232 g/mol. The van der Waals surface area contributed by atoms with Crippen LogP contribution in [-0.2, 0) is 0 Å². The van der Waals surface area contributed by atoms with Crippen molar-refractivity contribution in [1.82, 2.24) is 10.1 Å². The molecule has 3 N–H and O–H groups in total. The van der Waals surface area contributed by atoms with Crippen molar-refractivity contribution >= 4 is 28.5 Å². The molecule has 6 heteroatoms. The number of hydrogen-bond donors (Lipinski definition) is 3. The van der Waals surface area contributed by atoms with Crippen molar-refractivity contribution in [3.63, 3.8) is 0 Å². The van der Waals surface area contributed by atoms with E-state index in [1.807, 2.05) is 30.5 Å². The molecule has 0 aliphatic carbocycles. The minimum Gasteiger partial charge on any atom is -0.361 e. The molecule has 0 saturated carbocycles. The summed E-state index contributed by atoms with van der Waals surface area (Å²) in [7, 11) is 0. The van der Waals surface area contributed by atoms with Gasteiger partial charge in [0.2, 0.25) is 5.88 Å². The fourth-order valence-corrected chi connectivity index (χ4v) is 1.69. The highest BCUT2D eigenvalue weighted by molar-refractivity contribution is 6.00. The first-order chi connectivity index (χ1) is 8.81. The van der Waals surface area contributed by atoms with Gasteiger partial charge in [0, 0.05) is 28.9 Å². The lowest BCUT2D eigenvalue weighted by Gasteiger charge is -2.05. The molecule has 0 unspecified atom stereocenters. The fourth-order valence-electron chi connectivity index (χ4n) is 1.69. The van der Waals surface area contributed by atoms with Gasteiger partial charge >= 0.3 is 6.03 Å². The predicted octanol–water partition coefficient (Wildman–Crippen LogP) is 2.80. The Morgan fingerprint density at radius 1 is 1.22 bits per heavy atom. The largest absolute Gasteiger partial charge is 0.361 e. The average molecular weight is 242 g/mol. The normalized spacial score (nSPS) is 10.4. The van der Waals surface area contributed by atoms with Crippen LogP contribution in [0.15, 0.2) is 47.2 Å². The molecule has 0 spiro atoms. The zero-order chi connectivity index (χ0) is 12.4. The van der Waals surface area contributed by atoms with Crippen molar-refractivity contribution in [3.8, 4) is 0 Å². The molecule has 2 heterocycles. The standard InChI is InChI=1S/C12H10N4O2/c17-12(16-11-4-6-14-18-11)15-9-1-2-10-8(7-9)3-5-13-10/h1-7,13H,(H2,15,16,17). The van der Waals surface area contributed by atoms with E-state index >= 15 is 0 Å². The van der Waals surface area contributed by atoms with Crippen molar-refractivity contribution in [2.45, 2.75) is 0 Å². The minimum absolute atomic E-state index is 0.301. The number of carbonyl (C=O) groups is 1. The third-order valence-electron chi connectivity index (χ3n) is 2.49. The lowest BCUT2D eigenvalue weighted by Crippen LogP contribution is -2.18. The lowest BCUT2D eigenvalue weighted by atomic mass is 10.2. The highest BCUT2D eigenvalue weighted by Gasteiger charge is 2.05. The van der Waals surface area contributed by atoms with E-state index in [1.54, 1.807) is 6.07 Å². The first kappa shape index (κ1) is 10.4. The van der Waals surface area contributed by atoms with Gasteiger partial charge < -0.3 is 14.8 Å². The van der Waals surface area contributed by atoms with Crippen LogP contribution in [0.4, 0.5) is 16.4 Å². The molecule has 2 amide bonds. The maximum absolute atomic E-state index is 11.6. The van der Waals surface area contributed by atoms with Crippen molar-refractivity contribution in [3.05, 3.63) is 42.7 Å². The fraction of sp³-hybridized carbons (Fsp3) is 0. The van der Waals surface area contributed by atoms with Gasteiger partial charge in [0.15, 0.2) is 0 Å². The van der Waals surface area contributed by atoms with E-state index in [0.717, 1.165) is 10.9 Å². The zero-order valence-corrected chi connectivity index (χ0v) is 9.31. The Morgan fingerprint density at radius 2 is 2.17 bits per heavy atom. The van der Waals surface area contributed by atoms with Crippen LogP contribution >= 0.6 is 0 Å². The van der Waals surface area contributed by atoms with Crippen LogP contribution in [-0.4, -0.2) is 16.2 Å². The SMILES string of the molecule is O=C(Nc1ccc2[nH]ccc2c1)Nc1ccno1. The van der Waals surface area contributed by atoms with Gasteiger partial charge in [0.05, 0.1) is 6.20 Å². The van der Waals surface area contributed by atoms with Gasteiger partial charge in [-0.3, -0.25) is 5.32 Å². The van der Waals surface area contributed by atoms with E-state index in [1.165, 1.54) is 6.20 Å². The zero-order valence-electron chi connectivity index (χ0n) is 9.31. The second kappa shape index (κ2) is 4.25. The number of benzene rings is 1. The molecule has 0 bridgehead atoms. The van der Waals surface area contributed by atoms with Crippen LogP contribution in [0.2, 0.25) is 0 Å². The highest BCUT2D eigenvalue weighted by Crippen LogP contribution is 2.18. The van der Waals surface area contributed by atoms with Crippen molar-refractivity contribution in [2.75, 3.05) is 10.6 Å². The molecule has 6 nitrogen and oxygen atoms in total. The number of amides is 2. The molecule has 0 aliphatic heterocycles. The first-order valence-corrected chi connectivity index (χ1v) is 5.37. The van der Waals surface area contributed by atoms with E-state index in [4.69, 9.17) is 4.52 Å². The number of aromatic nitrogens is 2. The van der Waals surface area contributed by atoms with E-state index in [-0.39, 0.29) is 6.03 Å². The lowest BCUT2D eigenvalue weighted by molar-refractivity contribution is 0.261. The second-order valence-corrected chi connectivity index (χ2v) is 3.74. The molecule has 0 fully saturated rings. The van der Waals surface area contributed by atoms with Crippen molar-refractivity contribution in [2.24, 2.45) is 0 Å². The Hall–Kier alpha value is -2.76. The number of aromatic amines is 1. The second-order valence-electron chi connectivity index (χ2n) is 3.74. The molecule has 2 aromatic heterocycles. The summed E-state index contributed by atoms with van der Waals surface area (Å²) in [5, 5.41) is 9.76. The Kier molecular flexibility index (Phi) is 2.45. The quantitative estimate of drug-likeness (QED) is 0.646. The van der Waals surface area contributed by atoms with Crippen LogP contribution in [0.5, 0.6) is 0 Å². The summed E-state index contributed by atoms with van der Waals surface area (Å²) in [6.07, 6.45) is 3.31. The van der Waals surface area contributed by atoms with Crippen LogP contribution in [0.25, 0.3) is 10.9 Å². The predicted molar refractivity (Wildman–Crippen MR) is 67.4 cm³/mol. The number of hydrogen-bond acceptors (Lipinski definition) is 3. The van der Waals surface area contributed by atoms with E-state index in [2.05, 4.69) is 20.8 Å². The molecule has 0 radical (unpaired) electrons. The molecule has 18 heavy (non-hydrogen) atoms. The van der Waals surface area contributed by atoms with Crippen LogP contribution in [0.1, 0.15) is 0 Å². The maximum Gasteiger partial charge on any atom is 0.326 e. The number of urea groups is 1. The monoisotopic (exact) mass is 242 g/mol. The molecular formula is C12H10N4O2. The molecule has 1 aromatic carbocycles. The smallest absolute Gasteiger partial charge is 0.326 e.